The first-order valence-electron chi connectivity index (χ1n) is 6.39. The average Bonchev–Trinajstić information content (AvgIpc) is 3.09. The van der Waals surface area contributed by atoms with E-state index in [9.17, 15) is 4.39 Å². The first-order valence-corrected chi connectivity index (χ1v) is 7.18. The minimum atomic E-state index is -0.110. The second-order valence-corrected chi connectivity index (χ2v) is 5.71. The van der Waals surface area contributed by atoms with Gasteiger partial charge in [0.15, 0.2) is 0 Å². The van der Waals surface area contributed by atoms with Crippen LogP contribution in [0.15, 0.2) is 22.7 Å². The lowest BCUT2D eigenvalue weighted by Crippen LogP contribution is -2.22. The minimum Gasteiger partial charge on any atom is -0.310 e. The van der Waals surface area contributed by atoms with Gasteiger partial charge in [0, 0.05) is 16.1 Å². The van der Waals surface area contributed by atoms with E-state index in [4.69, 9.17) is 0 Å². The fourth-order valence-electron chi connectivity index (χ4n) is 2.21. The monoisotopic (exact) mass is 299 g/mol. The summed E-state index contributed by atoms with van der Waals surface area (Å²) in [5, 5.41) is 3.39. The van der Waals surface area contributed by atoms with Crippen LogP contribution >= 0.6 is 15.9 Å². The highest BCUT2D eigenvalue weighted by molar-refractivity contribution is 9.10. The molecule has 1 unspecified atom stereocenters. The smallest absolute Gasteiger partial charge is 0.129 e. The Hall–Kier alpha value is -0.410. The van der Waals surface area contributed by atoms with Gasteiger partial charge in [-0.3, -0.25) is 0 Å². The molecule has 17 heavy (non-hydrogen) atoms. The summed E-state index contributed by atoms with van der Waals surface area (Å²) in [6.45, 7) is 2.95. The van der Waals surface area contributed by atoms with Crippen LogP contribution in [0.2, 0.25) is 0 Å². The molecule has 0 heterocycles. The van der Waals surface area contributed by atoms with Gasteiger partial charge in [-0.1, -0.05) is 41.8 Å². The van der Waals surface area contributed by atoms with E-state index in [1.807, 2.05) is 12.1 Å². The summed E-state index contributed by atoms with van der Waals surface area (Å²) in [4.78, 5) is 0. The molecule has 0 amide bonds. The second-order valence-electron chi connectivity index (χ2n) is 4.80. The Balaban J connectivity index is 2.06. The molecule has 1 aliphatic rings. The number of nitrogens with one attached hydrogen (secondary N) is 1. The van der Waals surface area contributed by atoms with E-state index in [-0.39, 0.29) is 11.9 Å². The molecule has 3 heteroatoms. The van der Waals surface area contributed by atoms with E-state index in [1.165, 1.54) is 19.3 Å². The second kappa shape index (κ2) is 5.96. The Morgan fingerprint density at radius 2 is 2.24 bits per heavy atom. The number of rotatable bonds is 6. The van der Waals surface area contributed by atoms with Crippen LogP contribution in [0.5, 0.6) is 0 Å². The van der Waals surface area contributed by atoms with Crippen LogP contribution in [0, 0.1) is 11.7 Å². The summed E-state index contributed by atoms with van der Waals surface area (Å²) in [5.41, 5.74) is 0.802. The van der Waals surface area contributed by atoms with E-state index in [1.54, 1.807) is 6.07 Å². The summed E-state index contributed by atoms with van der Waals surface area (Å²) >= 11 is 3.30. The molecule has 1 atom stereocenters. The third-order valence-corrected chi connectivity index (χ3v) is 3.84. The molecule has 1 nitrogen and oxygen atoms in total. The molecule has 0 radical (unpaired) electrons. The van der Waals surface area contributed by atoms with Crippen LogP contribution < -0.4 is 5.32 Å². The Morgan fingerprint density at radius 3 is 2.82 bits per heavy atom. The molecule has 0 aliphatic heterocycles. The Labute approximate surface area is 111 Å². The van der Waals surface area contributed by atoms with Crippen molar-refractivity contribution in [1.29, 1.82) is 0 Å². The minimum absolute atomic E-state index is 0.110. The van der Waals surface area contributed by atoms with Crippen molar-refractivity contribution in [3.8, 4) is 0 Å². The highest BCUT2D eigenvalue weighted by atomic mass is 79.9. The van der Waals surface area contributed by atoms with E-state index in [2.05, 4.69) is 28.2 Å². The topological polar surface area (TPSA) is 12.0 Å². The zero-order chi connectivity index (χ0) is 12.3. The third-order valence-electron chi connectivity index (χ3n) is 3.35. The maximum atomic E-state index is 13.9. The highest BCUT2D eigenvalue weighted by Crippen LogP contribution is 2.36. The van der Waals surface area contributed by atoms with E-state index >= 15 is 0 Å². The zero-order valence-electron chi connectivity index (χ0n) is 10.2. The molecule has 0 saturated heterocycles. The Morgan fingerprint density at radius 1 is 1.47 bits per heavy atom. The first kappa shape index (κ1) is 13.0. The van der Waals surface area contributed by atoms with Crippen LogP contribution in [0.25, 0.3) is 0 Å². The molecule has 1 aromatic carbocycles. The number of hydrogen-bond acceptors (Lipinski definition) is 1. The van der Waals surface area contributed by atoms with Crippen molar-refractivity contribution in [3.63, 3.8) is 0 Å². The normalized spacial score (nSPS) is 17.1. The number of benzene rings is 1. The SMILES string of the molecule is CCNC(CCC1CC1)c1ccc(Br)cc1F. The number of halogens is 2. The predicted octanol–water partition coefficient (Wildman–Crippen LogP) is 4.43. The molecule has 1 aliphatic carbocycles. The Kier molecular flexibility index (Phi) is 4.57. The van der Waals surface area contributed by atoms with Gasteiger partial charge >= 0.3 is 0 Å². The van der Waals surface area contributed by atoms with E-state index in [0.29, 0.717) is 0 Å². The lowest BCUT2D eigenvalue weighted by molar-refractivity contribution is 0.460. The molecule has 0 spiro atoms. The summed E-state index contributed by atoms with van der Waals surface area (Å²) in [6.07, 6.45) is 4.98. The Bertz CT molecular complexity index is 376. The molecule has 1 saturated carbocycles. The van der Waals surface area contributed by atoms with Crippen LogP contribution in [0.3, 0.4) is 0 Å². The van der Waals surface area contributed by atoms with Crippen molar-refractivity contribution in [1.82, 2.24) is 5.32 Å². The van der Waals surface area contributed by atoms with E-state index < -0.39 is 0 Å². The first-order chi connectivity index (χ1) is 8.20. The molecule has 1 N–H and O–H groups in total. The highest BCUT2D eigenvalue weighted by Gasteiger charge is 2.23. The van der Waals surface area contributed by atoms with Crippen LogP contribution in [0.1, 0.15) is 44.2 Å². The maximum Gasteiger partial charge on any atom is 0.129 e. The predicted molar refractivity (Wildman–Crippen MR) is 72.5 cm³/mol. The summed E-state index contributed by atoms with van der Waals surface area (Å²) in [6, 6.07) is 5.52. The quantitative estimate of drug-likeness (QED) is 0.819. The van der Waals surface area contributed by atoms with Crippen molar-refractivity contribution >= 4 is 15.9 Å². The van der Waals surface area contributed by atoms with Gasteiger partial charge < -0.3 is 5.32 Å². The standard InChI is InChI=1S/C14H19BrFN/c1-2-17-14(8-5-10-3-4-10)12-7-6-11(15)9-13(12)16/h6-7,9-10,14,17H,2-5,8H2,1H3. The molecular formula is C14H19BrFN. The average molecular weight is 300 g/mol. The summed E-state index contributed by atoms with van der Waals surface area (Å²) in [5.74, 6) is 0.788. The van der Waals surface area contributed by atoms with Gasteiger partial charge in [-0.2, -0.15) is 0 Å². The molecule has 1 aromatic rings. The van der Waals surface area contributed by atoms with Crippen LogP contribution in [-0.2, 0) is 0 Å². The molecular weight excluding hydrogens is 281 g/mol. The van der Waals surface area contributed by atoms with Gasteiger partial charge in [0.25, 0.3) is 0 Å². The van der Waals surface area contributed by atoms with E-state index in [0.717, 1.165) is 28.9 Å². The van der Waals surface area contributed by atoms with Crippen molar-refractivity contribution in [2.45, 2.75) is 38.6 Å². The van der Waals surface area contributed by atoms with Crippen LogP contribution in [-0.4, -0.2) is 6.54 Å². The largest absolute Gasteiger partial charge is 0.310 e. The van der Waals surface area contributed by atoms with Crippen molar-refractivity contribution in [2.75, 3.05) is 6.54 Å². The summed E-state index contributed by atoms with van der Waals surface area (Å²) in [7, 11) is 0. The van der Waals surface area contributed by atoms with Gasteiger partial charge in [0.2, 0.25) is 0 Å². The van der Waals surface area contributed by atoms with Crippen molar-refractivity contribution in [2.24, 2.45) is 5.92 Å². The van der Waals surface area contributed by atoms with Crippen molar-refractivity contribution < 1.29 is 4.39 Å². The van der Waals surface area contributed by atoms with Crippen molar-refractivity contribution in [3.05, 3.63) is 34.1 Å². The third kappa shape index (κ3) is 3.78. The molecule has 1 fully saturated rings. The maximum absolute atomic E-state index is 13.9. The summed E-state index contributed by atoms with van der Waals surface area (Å²) < 4.78 is 14.7. The molecule has 0 bridgehead atoms. The zero-order valence-corrected chi connectivity index (χ0v) is 11.8. The fraction of sp³-hybridized carbons (Fsp3) is 0.571. The van der Waals surface area contributed by atoms with Gasteiger partial charge in [-0.25, -0.2) is 4.39 Å². The molecule has 0 aromatic heterocycles. The van der Waals surface area contributed by atoms with Gasteiger partial charge in [-0.05, 0) is 37.4 Å². The lowest BCUT2D eigenvalue weighted by Gasteiger charge is -2.19. The molecule has 94 valence electrons. The van der Waals surface area contributed by atoms with Crippen LogP contribution in [0.4, 0.5) is 4.39 Å². The van der Waals surface area contributed by atoms with Gasteiger partial charge in [-0.15, -0.1) is 0 Å². The fourth-order valence-corrected chi connectivity index (χ4v) is 2.54. The van der Waals surface area contributed by atoms with Gasteiger partial charge in [0.1, 0.15) is 5.82 Å². The lowest BCUT2D eigenvalue weighted by atomic mass is 10.00. The number of hydrogen-bond donors (Lipinski definition) is 1. The molecule has 2 rings (SSSR count). The van der Waals surface area contributed by atoms with Gasteiger partial charge in [0.05, 0.1) is 0 Å².